The zero-order valence-electron chi connectivity index (χ0n) is 10.8. The number of aromatic carboxylic acids is 1. The molecule has 0 radical (unpaired) electrons. The first kappa shape index (κ1) is 13.0. The zero-order chi connectivity index (χ0) is 13.1. The molecule has 100 valence electrons. The van der Waals surface area contributed by atoms with Crippen molar-refractivity contribution in [2.45, 2.75) is 25.4 Å². The number of likely N-dealkylation sites (tertiary alicyclic amines) is 1. The molecule has 1 fully saturated rings. The molecule has 1 atom stereocenters. The average Bonchev–Trinajstić information content (AvgIpc) is 2.77. The van der Waals surface area contributed by atoms with Gasteiger partial charge in [-0.1, -0.05) is 5.16 Å². The lowest BCUT2D eigenvalue weighted by Gasteiger charge is -2.35. The van der Waals surface area contributed by atoms with E-state index in [1.807, 2.05) is 0 Å². The van der Waals surface area contributed by atoms with Gasteiger partial charge < -0.3 is 14.5 Å². The molecule has 0 aromatic carbocycles. The topological polar surface area (TPSA) is 69.8 Å². The number of hydrogen-bond donors (Lipinski definition) is 1. The van der Waals surface area contributed by atoms with Crippen LogP contribution in [0.5, 0.6) is 0 Å². The highest BCUT2D eigenvalue weighted by molar-refractivity contribution is 5.88. The van der Waals surface area contributed by atoms with E-state index in [2.05, 4.69) is 29.1 Å². The number of carbonyl (C=O) groups is 1. The molecule has 6 heteroatoms. The molecule has 1 N–H and O–H groups in total. The Morgan fingerprint density at radius 3 is 3.11 bits per heavy atom. The van der Waals surface area contributed by atoms with Crippen LogP contribution in [0.2, 0.25) is 0 Å². The molecule has 0 bridgehead atoms. The zero-order valence-corrected chi connectivity index (χ0v) is 10.8. The molecule has 1 aromatic heterocycles. The van der Waals surface area contributed by atoms with Crippen LogP contribution in [0.4, 0.5) is 0 Å². The molecule has 18 heavy (non-hydrogen) atoms. The molecule has 0 saturated carbocycles. The van der Waals surface area contributed by atoms with E-state index in [1.54, 1.807) is 0 Å². The second-order valence-electron chi connectivity index (χ2n) is 4.96. The van der Waals surface area contributed by atoms with E-state index in [0.29, 0.717) is 18.3 Å². The van der Waals surface area contributed by atoms with Crippen LogP contribution in [0.25, 0.3) is 0 Å². The Balaban J connectivity index is 2.00. The molecule has 1 unspecified atom stereocenters. The number of hydrogen-bond acceptors (Lipinski definition) is 5. The third kappa shape index (κ3) is 2.88. The van der Waals surface area contributed by atoms with Crippen LogP contribution in [0.15, 0.2) is 10.7 Å². The maximum atomic E-state index is 11.0. The fourth-order valence-corrected chi connectivity index (χ4v) is 2.35. The van der Waals surface area contributed by atoms with Gasteiger partial charge in [0.15, 0.2) is 5.76 Å². The summed E-state index contributed by atoms with van der Waals surface area (Å²) < 4.78 is 5.04. The van der Waals surface area contributed by atoms with Gasteiger partial charge in [0.1, 0.15) is 5.56 Å². The summed E-state index contributed by atoms with van der Waals surface area (Å²) in [6.07, 6.45) is 3.58. The van der Waals surface area contributed by atoms with Crippen LogP contribution in [0.1, 0.15) is 29.0 Å². The SMILES string of the molecule is CN(C)C1CCCN(Cc2oncc2C(=O)O)C1. The highest BCUT2D eigenvalue weighted by atomic mass is 16.5. The van der Waals surface area contributed by atoms with Crippen LogP contribution in [-0.2, 0) is 6.54 Å². The van der Waals surface area contributed by atoms with E-state index < -0.39 is 5.97 Å². The summed E-state index contributed by atoms with van der Waals surface area (Å²) in [6.45, 7) is 2.43. The second kappa shape index (κ2) is 5.49. The van der Waals surface area contributed by atoms with Crippen molar-refractivity contribution < 1.29 is 14.4 Å². The molecule has 1 aliphatic rings. The Kier molecular flexibility index (Phi) is 3.98. The first-order valence-electron chi connectivity index (χ1n) is 6.13. The Hall–Kier alpha value is -1.40. The normalized spacial score (nSPS) is 21.4. The monoisotopic (exact) mass is 253 g/mol. The minimum atomic E-state index is -0.979. The number of nitrogens with zero attached hydrogens (tertiary/aromatic N) is 3. The summed E-state index contributed by atoms with van der Waals surface area (Å²) >= 11 is 0. The fourth-order valence-electron chi connectivity index (χ4n) is 2.35. The molecule has 2 heterocycles. The third-order valence-corrected chi connectivity index (χ3v) is 3.45. The Bertz CT molecular complexity index is 416. The summed E-state index contributed by atoms with van der Waals surface area (Å²) in [5, 5.41) is 12.6. The standard InChI is InChI=1S/C12H19N3O3/c1-14(2)9-4-3-5-15(7-9)8-11-10(12(16)17)6-13-18-11/h6,9H,3-5,7-8H2,1-2H3,(H,16,17). The average molecular weight is 253 g/mol. The van der Waals surface area contributed by atoms with Crippen molar-refractivity contribution in [3.05, 3.63) is 17.5 Å². The van der Waals surface area contributed by atoms with Crippen molar-refractivity contribution in [3.8, 4) is 0 Å². The first-order chi connectivity index (χ1) is 8.58. The number of likely N-dealkylation sites (N-methyl/N-ethyl adjacent to an activating group) is 1. The molecule has 0 aliphatic carbocycles. The van der Waals surface area contributed by atoms with Gasteiger partial charge in [-0.3, -0.25) is 4.90 Å². The predicted octanol–water partition coefficient (Wildman–Crippen LogP) is 0.899. The third-order valence-electron chi connectivity index (χ3n) is 3.45. The van der Waals surface area contributed by atoms with Crippen LogP contribution < -0.4 is 0 Å². The highest BCUT2D eigenvalue weighted by Gasteiger charge is 2.24. The quantitative estimate of drug-likeness (QED) is 0.859. The van der Waals surface area contributed by atoms with Crippen LogP contribution >= 0.6 is 0 Å². The van der Waals surface area contributed by atoms with E-state index in [-0.39, 0.29) is 5.56 Å². The van der Waals surface area contributed by atoms with E-state index >= 15 is 0 Å². The maximum absolute atomic E-state index is 11.0. The minimum absolute atomic E-state index is 0.168. The van der Waals surface area contributed by atoms with Gasteiger partial charge in [-0.15, -0.1) is 0 Å². The fraction of sp³-hybridized carbons (Fsp3) is 0.667. The molecule has 1 aliphatic heterocycles. The highest BCUT2D eigenvalue weighted by Crippen LogP contribution is 2.18. The number of aromatic nitrogens is 1. The number of piperidine rings is 1. The lowest BCUT2D eigenvalue weighted by atomic mass is 10.0. The second-order valence-corrected chi connectivity index (χ2v) is 4.96. The Labute approximate surface area is 106 Å². The van der Waals surface area contributed by atoms with Gasteiger partial charge in [-0.05, 0) is 33.5 Å². The van der Waals surface area contributed by atoms with E-state index in [0.717, 1.165) is 19.5 Å². The summed E-state index contributed by atoms with van der Waals surface area (Å²) in [4.78, 5) is 15.4. The summed E-state index contributed by atoms with van der Waals surface area (Å²) in [6, 6.07) is 0.523. The van der Waals surface area contributed by atoms with Gasteiger partial charge in [0, 0.05) is 12.6 Å². The molecule has 0 amide bonds. The molecule has 1 aromatic rings. The lowest BCUT2D eigenvalue weighted by Crippen LogP contribution is -2.44. The van der Waals surface area contributed by atoms with Crippen molar-refractivity contribution in [2.75, 3.05) is 27.2 Å². The van der Waals surface area contributed by atoms with Gasteiger partial charge >= 0.3 is 5.97 Å². The van der Waals surface area contributed by atoms with Crippen molar-refractivity contribution >= 4 is 5.97 Å². The van der Waals surface area contributed by atoms with Crippen LogP contribution in [0.3, 0.4) is 0 Å². The van der Waals surface area contributed by atoms with E-state index in [4.69, 9.17) is 9.63 Å². The smallest absolute Gasteiger partial charge is 0.341 e. The maximum Gasteiger partial charge on any atom is 0.341 e. The van der Waals surface area contributed by atoms with Gasteiger partial charge in [-0.2, -0.15) is 0 Å². The molecule has 6 nitrogen and oxygen atoms in total. The number of carboxylic acids is 1. The predicted molar refractivity (Wildman–Crippen MR) is 65.4 cm³/mol. The van der Waals surface area contributed by atoms with E-state index in [9.17, 15) is 4.79 Å². The lowest BCUT2D eigenvalue weighted by molar-refractivity contribution is 0.0689. The summed E-state index contributed by atoms with van der Waals surface area (Å²) in [5.41, 5.74) is 0.168. The van der Waals surface area contributed by atoms with Crippen LogP contribution in [0, 0.1) is 0 Å². The van der Waals surface area contributed by atoms with Gasteiger partial charge in [0.2, 0.25) is 0 Å². The van der Waals surface area contributed by atoms with Gasteiger partial charge in [0.05, 0.1) is 12.7 Å². The summed E-state index contributed by atoms with van der Waals surface area (Å²) in [7, 11) is 4.15. The molecular weight excluding hydrogens is 234 g/mol. The molecule has 1 saturated heterocycles. The molecule has 0 spiro atoms. The first-order valence-corrected chi connectivity index (χ1v) is 6.13. The molecular formula is C12H19N3O3. The van der Waals surface area contributed by atoms with Gasteiger partial charge in [-0.25, -0.2) is 4.79 Å². The van der Waals surface area contributed by atoms with Crippen molar-refractivity contribution in [3.63, 3.8) is 0 Å². The number of rotatable bonds is 4. The van der Waals surface area contributed by atoms with Crippen molar-refractivity contribution in [2.24, 2.45) is 0 Å². The largest absolute Gasteiger partial charge is 0.478 e. The van der Waals surface area contributed by atoms with Crippen molar-refractivity contribution in [1.82, 2.24) is 15.0 Å². The van der Waals surface area contributed by atoms with Crippen LogP contribution in [-0.4, -0.2) is 59.3 Å². The number of carboxylic acid groups (broad SMARTS) is 1. The minimum Gasteiger partial charge on any atom is -0.478 e. The Morgan fingerprint density at radius 2 is 2.44 bits per heavy atom. The Morgan fingerprint density at radius 1 is 1.67 bits per heavy atom. The van der Waals surface area contributed by atoms with Gasteiger partial charge in [0.25, 0.3) is 0 Å². The van der Waals surface area contributed by atoms with E-state index in [1.165, 1.54) is 12.6 Å². The van der Waals surface area contributed by atoms with Crippen molar-refractivity contribution in [1.29, 1.82) is 0 Å². The molecule has 2 rings (SSSR count). The summed E-state index contributed by atoms with van der Waals surface area (Å²) in [5.74, 6) is -0.533.